The molecule has 2 aliphatic heterocycles. The molecule has 0 radical (unpaired) electrons. The number of fused-ring (bicyclic) bond motifs is 1. The number of halogens is 1. The van der Waals surface area contributed by atoms with Crippen LogP contribution in [0.5, 0.6) is 0 Å². The quantitative estimate of drug-likeness (QED) is 0.869. The van der Waals surface area contributed by atoms with Gasteiger partial charge in [0.1, 0.15) is 17.2 Å². The van der Waals surface area contributed by atoms with Crippen molar-refractivity contribution in [2.45, 2.75) is 25.0 Å². The van der Waals surface area contributed by atoms with Crippen LogP contribution in [0.1, 0.15) is 23.2 Å². The van der Waals surface area contributed by atoms with Crippen molar-refractivity contribution in [3.63, 3.8) is 0 Å². The summed E-state index contributed by atoms with van der Waals surface area (Å²) in [4.78, 5) is 17.3. The molecule has 7 heteroatoms. The number of rotatable bonds is 4. The fourth-order valence-electron chi connectivity index (χ4n) is 2.96. The summed E-state index contributed by atoms with van der Waals surface area (Å²) in [5, 5.41) is 12.0. The zero-order valence-corrected chi connectivity index (χ0v) is 11.6. The van der Waals surface area contributed by atoms with Crippen molar-refractivity contribution in [2.75, 3.05) is 31.6 Å². The summed E-state index contributed by atoms with van der Waals surface area (Å²) in [5.41, 5.74) is -0.162. The van der Waals surface area contributed by atoms with E-state index in [4.69, 9.17) is 9.84 Å². The molecule has 2 aliphatic rings. The number of hydrogen-bond acceptors (Lipinski definition) is 5. The predicted octanol–water partition coefficient (Wildman–Crippen LogP) is 1.19. The standard InChI is InChI=1S/C14H18FN3O3/c15-9-4-12(14(19)20)13(16-5-9)17-6-11-7-18-3-1-2-10(18)8-21-11/h4-5,10-11H,1-3,6-8H2,(H,16,17)(H,19,20). The summed E-state index contributed by atoms with van der Waals surface area (Å²) >= 11 is 0. The van der Waals surface area contributed by atoms with Gasteiger partial charge in [-0.15, -0.1) is 0 Å². The molecule has 114 valence electrons. The van der Waals surface area contributed by atoms with E-state index >= 15 is 0 Å². The Labute approximate surface area is 121 Å². The predicted molar refractivity (Wildman–Crippen MR) is 74.0 cm³/mol. The fraction of sp³-hybridized carbons (Fsp3) is 0.571. The van der Waals surface area contributed by atoms with Crippen molar-refractivity contribution >= 4 is 11.8 Å². The number of carboxylic acid groups (broad SMARTS) is 1. The van der Waals surface area contributed by atoms with Crippen LogP contribution in [0.4, 0.5) is 10.2 Å². The van der Waals surface area contributed by atoms with E-state index in [0.717, 1.165) is 32.0 Å². The molecule has 0 saturated carbocycles. The second-order valence-electron chi connectivity index (χ2n) is 5.48. The van der Waals surface area contributed by atoms with E-state index in [9.17, 15) is 9.18 Å². The lowest BCUT2D eigenvalue weighted by atomic mass is 10.2. The molecule has 1 aromatic heterocycles. The Balaban J connectivity index is 1.61. The lowest BCUT2D eigenvalue weighted by Crippen LogP contribution is -2.48. The van der Waals surface area contributed by atoms with Crippen LogP contribution in [0, 0.1) is 5.82 Å². The Morgan fingerprint density at radius 1 is 1.62 bits per heavy atom. The molecule has 6 nitrogen and oxygen atoms in total. The van der Waals surface area contributed by atoms with Crippen LogP contribution in [0.15, 0.2) is 12.3 Å². The van der Waals surface area contributed by atoms with E-state index < -0.39 is 11.8 Å². The minimum absolute atomic E-state index is 0.00662. The van der Waals surface area contributed by atoms with Crippen LogP contribution in [0.25, 0.3) is 0 Å². The Bertz CT molecular complexity index is 540. The van der Waals surface area contributed by atoms with Crippen molar-refractivity contribution in [1.82, 2.24) is 9.88 Å². The summed E-state index contributed by atoms with van der Waals surface area (Å²) in [6, 6.07) is 1.50. The maximum atomic E-state index is 13.1. The molecule has 3 rings (SSSR count). The molecular weight excluding hydrogens is 277 g/mol. The number of nitrogens with one attached hydrogen (secondary N) is 1. The highest BCUT2D eigenvalue weighted by atomic mass is 19.1. The Hall–Kier alpha value is -1.73. The summed E-state index contributed by atoms with van der Waals surface area (Å²) in [7, 11) is 0. The van der Waals surface area contributed by atoms with Gasteiger partial charge in [0.2, 0.25) is 0 Å². The topological polar surface area (TPSA) is 74.7 Å². The normalized spacial score (nSPS) is 25.6. The maximum Gasteiger partial charge on any atom is 0.339 e. The van der Waals surface area contributed by atoms with Gasteiger partial charge in [-0.25, -0.2) is 14.2 Å². The second-order valence-corrected chi connectivity index (χ2v) is 5.48. The molecule has 0 bridgehead atoms. The van der Waals surface area contributed by atoms with Gasteiger partial charge in [0.25, 0.3) is 0 Å². The molecule has 21 heavy (non-hydrogen) atoms. The molecule has 2 N–H and O–H groups in total. The molecule has 0 aliphatic carbocycles. The first kappa shape index (κ1) is 14.2. The molecule has 2 unspecified atom stereocenters. The molecule has 0 amide bonds. The van der Waals surface area contributed by atoms with E-state index in [-0.39, 0.29) is 17.5 Å². The van der Waals surface area contributed by atoms with Crippen LogP contribution in [0.2, 0.25) is 0 Å². The van der Waals surface area contributed by atoms with E-state index in [0.29, 0.717) is 12.6 Å². The number of anilines is 1. The number of carboxylic acids is 1. The summed E-state index contributed by atoms with van der Waals surface area (Å²) < 4.78 is 18.8. The molecule has 0 spiro atoms. The van der Waals surface area contributed by atoms with Crippen LogP contribution >= 0.6 is 0 Å². The lowest BCUT2D eigenvalue weighted by Gasteiger charge is -2.35. The first-order valence-electron chi connectivity index (χ1n) is 7.12. The van der Waals surface area contributed by atoms with Crippen molar-refractivity contribution in [3.8, 4) is 0 Å². The molecule has 2 atom stereocenters. The zero-order valence-electron chi connectivity index (χ0n) is 11.6. The van der Waals surface area contributed by atoms with Gasteiger partial charge in [-0.1, -0.05) is 0 Å². The number of aromatic nitrogens is 1. The number of carbonyl (C=O) groups is 1. The SMILES string of the molecule is O=C(O)c1cc(F)cnc1NCC1CN2CCCC2CO1. The molecular formula is C14H18FN3O3. The molecule has 2 fully saturated rings. The average molecular weight is 295 g/mol. The van der Waals surface area contributed by atoms with E-state index in [2.05, 4.69) is 15.2 Å². The van der Waals surface area contributed by atoms with Gasteiger partial charge in [0, 0.05) is 19.1 Å². The highest BCUT2D eigenvalue weighted by Gasteiger charge is 2.32. The largest absolute Gasteiger partial charge is 0.478 e. The Morgan fingerprint density at radius 2 is 2.48 bits per heavy atom. The van der Waals surface area contributed by atoms with Crippen molar-refractivity contribution in [2.24, 2.45) is 0 Å². The van der Waals surface area contributed by atoms with Gasteiger partial charge < -0.3 is 15.2 Å². The number of nitrogens with zero attached hydrogens (tertiary/aromatic N) is 2. The smallest absolute Gasteiger partial charge is 0.339 e. The Morgan fingerprint density at radius 3 is 3.29 bits per heavy atom. The minimum atomic E-state index is -1.20. The van der Waals surface area contributed by atoms with E-state index in [1.807, 2.05) is 0 Å². The number of morpholine rings is 1. The highest BCUT2D eigenvalue weighted by molar-refractivity contribution is 5.93. The third kappa shape index (κ3) is 3.14. The number of aromatic carboxylic acids is 1. The van der Waals surface area contributed by atoms with Gasteiger partial charge in [-0.05, 0) is 25.5 Å². The number of pyridine rings is 1. The Kier molecular flexibility index (Phi) is 4.03. The van der Waals surface area contributed by atoms with Crippen molar-refractivity contribution in [3.05, 3.63) is 23.6 Å². The molecule has 2 saturated heterocycles. The monoisotopic (exact) mass is 295 g/mol. The molecule has 1 aromatic rings. The lowest BCUT2D eigenvalue weighted by molar-refractivity contribution is -0.0416. The van der Waals surface area contributed by atoms with E-state index in [1.165, 1.54) is 12.8 Å². The summed E-state index contributed by atoms with van der Waals surface area (Å²) in [5.74, 6) is -1.68. The third-order valence-electron chi connectivity index (χ3n) is 4.04. The van der Waals surface area contributed by atoms with Crippen LogP contribution in [-0.4, -0.2) is 59.3 Å². The number of hydrogen-bond donors (Lipinski definition) is 2. The van der Waals surface area contributed by atoms with Gasteiger partial charge in [-0.2, -0.15) is 0 Å². The average Bonchev–Trinajstić information content (AvgIpc) is 2.93. The van der Waals surface area contributed by atoms with Gasteiger partial charge in [0.15, 0.2) is 0 Å². The van der Waals surface area contributed by atoms with Crippen molar-refractivity contribution in [1.29, 1.82) is 0 Å². The minimum Gasteiger partial charge on any atom is -0.478 e. The first-order valence-corrected chi connectivity index (χ1v) is 7.12. The van der Waals surface area contributed by atoms with Crippen LogP contribution in [0.3, 0.4) is 0 Å². The van der Waals surface area contributed by atoms with Crippen LogP contribution < -0.4 is 5.32 Å². The van der Waals surface area contributed by atoms with Crippen LogP contribution in [-0.2, 0) is 4.74 Å². The number of ether oxygens (including phenoxy) is 1. The first-order chi connectivity index (χ1) is 10.1. The second kappa shape index (κ2) is 5.95. The van der Waals surface area contributed by atoms with E-state index in [1.54, 1.807) is 0 Å². The maximum absolute atomic E-state index is 13.1. The van der Waals surface area contributed by atoms with Gasteiger partial charge >= 0.3 is 5.97 Å². The van der Waals surface area contributed by atoms with Gasteiger partial charge in [-0.3, -0.25) is 4.90 Å². The van der Waals surface area contributed by atoms with Crippen molar-refractivity contribution < 1.29 is 19.0 Å². The summed E-state index contributed by atoms with van der Waals surface area (Å²) in [6.07, 6.45) is 3.39. The zero-order chi connectivity index (χ0) is 14.8. The molecule has 3 heterocycles. The fourth-order valence-corrected chi connectivity index (χ4v) is 2.96. The summed E-state index contributed by atoms with van der Waals surface area (Å²) in [6.45, 7) is 3.11. The molecule has 0 aromatic carbocycles. The van der Waals surface area contributed by atoms with Gasteiger partial charge in [0.05, 0.1) is 18.9 Å². The third-order valence-corrected chi connectivity index (χ3v) is 4.04. The highest BCUT2D eigenvalue weighted by Crippen LogP contribution is 2.23.